The van der Waals surface area contributed by atoms with Crippen molar-refractivity contribution in [3.8, 4) is 5.75 Å². The van der Waals surface area contributed by atoms with E-state index in [1.807, 2.05) is 42.6 Å². The number of benzene rings is 2. The van der Waals surface area contributed by atoms with Gasteiger partial charge in [-0.1, -0.05) is 43.3 Å². The minimum atomic E-state index is -0.827. The smallest absolute Gasteiger partial charge is 0.304 e. The number of fused-ring (bicyclic) bond motifs is 1. The molecular weight excluding hydrogens is 302 g/mol. The lowest BCUT2D eigenvalue weighted by atomic mass is 9.87. The maximum atomic E-state index is 11.5. The number of hydrogen-bond acceptors (Lipinski definition) is 2. The molecule has 0 spiro atoms. The molecular formula is C20H21NO3. The van der Waals surface area contributed by atoms with E-state index in [0.29, 0.717) is 5.75 Å². The van der Waals surface area contributed by atoms with Gasteiger partial charge in [0.05, 0.1) is 13.5 Å². The number of H-pyrrole nitrogens is 1. The number of rotatable bonds is 6. The number of methoxy groups -OCH3 is 1. The van der Waals surface area contributed by atoms with Crippen LogP contribution in [0.25, 0.3) is 10.9 Å². The summed E-state index contributed by atoms with van der Waals surface area (Å²) in [5.74, 6) is -0.379. The van der Waals surface area contributed by atoms with E-state index in [0.717, 1.165) is 28.5 Å². The molecule has 0 aliphatic rings. The zero-order valence-corrected chi connectivity index (χ0v) is 13.9. The van der Waals surface area contributed by atoms with E-state index in [1.54, 1.807) is 7.11 Å². The van der Waals surface area contributed by atoms with E-state index < -0.39 is 5.97 Å². The zero-order chi connectivity index (χ0) is 17.1. The second-order valence-electron chi connectivity index (χ2n) is 5.83. The first kappa shape index (κ1) is 16.1. The standard InChI is InChI=1S/C20H21NO3/c1-3-13-7-6-9-15-17(12-21-20(13)15)16(11-19(22)23)14-8-4-5-10-18(14)24-2/h4-10,12,16,21H,3,11H2,1-2H3,(H,22,23)/t16-/m1/s1. The number of aromatic amines is 1. The Bertz CT molecular complexity index is 866. The molecule has 0 bridgehead atoms. The largest absolute Gasteiger partial charge is 0.496 e. The Morgan fingerprint density at radius 2 is 1.96 bits per heavy atom. The van der Waals surface area contributed by atoms with Gasteiger partial charge in [0.2, 0.25) is 0 Å². The number of carbonyl (C=O) groups is 1. The van der Waals surface area contributed by atoms with Crippen LogP contribution in [-0.4, -0.2) is 23.2 Å². The van der Waals surface area contributed by atoms with E-state index in [9.17, 15) is 9.90 Å². The summed E-state index contributed by atoms with van der Waals surface area (Å²) in [4.78, 5) is 14.8. The number of aliphatic carboxylic acids is 1. The summed E-state index contributed by atoms with van der Waals surface area (Å²) in [7, 11) is 1.61. The molecule has 0 saturated heterocycles. The average molecular weight is 323 g/mol. The molecule has 1 atom stereocenters. The summed E-state index contributed by atoms with van der Waals surface area (Å²) in [6, 6.07) is 13.8. The Kier molecular flexibility index (Phi) is 4.56. The van der Waals surface area contributed by atoms with Crippen LogP contribution in [0.1, 0.15) is 36.0 Å². The molecule has 1 heterocycles. The van der Waals surface area contributed by atoms with Crippen LogP contribution in [-0.2, 0) is 11.2 Å². The average Bonchev–Trinajstić information content (AvgIpc) is 3.03. The van der Waals surface area contributed by atoms with Crippen LogP contribution in [0, 0.1) is 0 Å². The molecule has 0 radical (unpaired) electrons. The summed E-state index contributed by atoms with van der Waals surface area (Å²) in [6.45, 7) is 2.12. The maximum absolute atomic E-state index is 11.5. The summed E-state index contributed by atoms with van der Waals surface area (Å²) >= 11 is 0. The number of aromatic nitrogens is 1. The van der Waals surface area contributed by atoms with Gasteiger partial charge in [0.15, 0.2) is 0 Å². The molecule has 124 valence electrons. The molecule has 0 aliphatic heterocycles. The molecule has 0 fully saturated rings. The van der Waals surface area contributed by atoms with E-state index in [2.05, 4.69) is 18.0 Å². The molecule has 0 amide bonds. The number of hydrogen-bond donors (Lipinski definition) is 2. The third-order valence-electron chi connectivity index (χ3n) is 4.48. The highest BCUT2D eigenvalue weighted by molar-refractivity contribution is 5.88. The van der Waals surface area contributed by atoms with Crippen LogP contribution >= 0.6 is 0 Å². The van der Waals surface area contributed by atoms with Gasteiger partial charge in [-0.05, 0) is 23.6 Å². The van der Waals surface area contributed by atoms with Crippen molar-refractivity contribution in [2.75, 3.05) is 7.11 Å². The van der Waals surface area contributed by atoms with Gasteiger partial charge in [-0.3, -0.25) is 4.79 Å². The monoisotopic (exact) mass is 323 g/mol. The van der Waals surface area contributed by atoms with E-state index in [1.165, 1.54) is 5.56 Å². The summed E-state index contributed by atoms with van der Waals surface area (Å²) in [5, 5.41) is 10.5. The molecule has 4 nitrogen and oxygen atoms in total. The predicted molar refractivity (Wildman–Crippen MR) is 94.8 cm³/mol. The van der Waals surface area contributed by atoms with Gasteiger partial charge in [0, 0.05) is 28.6 Å². The van der Waals surface area contributed by atoms with Crippen LogP contribution in [0.4, 0.5) is 0 Å². The van der Waals surface area contributed by atoms with Gasteiger partial charge in [-0.2, -0.15) is 0 Å². The summed E-state index contributed by atoms with van der Waals surface area (Å²) in [6.07, 6.45) is 2.88. The lowest BCUT2D eigenvalue weighted by Gasteiger charge is -2.18. The van der Waals surface area contributed by atoms with Gasteiger partial charge in [-0.25, -0.2) is 0 Å². The van der Waals surface area contributed by atoms with E-state index in [-0.39, 0.29) is 12.3 Å². The first-order valence-electron chi connectivity index (χ1n) is 8.09. The first-order chi connectivity index (χ1) is 11.7. The summed E-state index contributed by atoms with van der Waals surface area (Å²) in [5.41, 5.74) is 4.20. The van der Waals surface area contributed by atoms with Crippen molar-refractivity contribution in [1.29, 1.82) is 0 Å². The lowest BCUT2D eigenvalue weighted by Crippen LogP contribution is -2.09. The molecule has 0 unspecified atom stereocenters. The number of ether oxygens (including phenoxy) is 1. The number of nitrogens with one attached hydrogen (secondary N) is 1. The zero-order valence-electron chi connectivity index (χ0n) is 13.9. The minimum absolute atomic E-state index is 0.0175. The summed E-state index contributed by atoms with van der Waals surface area (Å²) < 4.78 is 5.46. The molecule has 2 N–H and O–H groups in total. The molecule has 3 rings (SSSR count). The lowest BCUT2D eigenvalue weighted by molar-refractivity contribution is -0.137. The van der Waals surface area contributed by atoms with Gasteiger partial charge in [0.1, 0.15) is 5.75 Å². The highest BCUT2D eigenvalue weighted by Crippen LogP contribution is 2.38. The molecule has 0 aliphatic carbocycles. The fraction of sp³-hybridized carbons (Fsp3) is 0.250. The SMILES string of the molecule is CCc1cccc2c([C@H](CC(=O)O)c3ccccc3OC)c[nH]c12. The molecule has 2 aromatic carbocycles. The number of carboxylic acid groups (broad SMARTS) is 1. The Hall–Kier alpha value is -2.75. The normalized spacial score (nSPS) is 12.2. The van der Waals surface area contributed by atoms with Crippen molar-refractivity contribution in [2.45, 2.75) is 25.7 Å². The van der Waals surface area contributed by atoms with Gasteiger partial charge in [-0.15, -0.1) is 0 Å². The van der Waals surface area contributed by atoms with Gasteiger partial charge < -0.3 is 14.8 Å². The van der Waals surface area contributed by atoms with Crippen molar-refractivity contribution < 1.29 is 14.6 Å². The fourth-order valence-corrected chi connectivity index (χ4v) is 3.34. The Morgan fingerprint density at radius 3 is 2.67 bits per heavy atom. The van der Waals surface area contributed by atoms with Crippen molar-refractivity contribution in [3.05, 3.63) is 65.4 Å². The number of aryl methyl sites for hydroxylation is 1. The Morgan fingerprint density at radius 1 is 1.17 bits per heavy atom. The van der Waals surface area contributed by atoms with Crippen LogP contribution in [0.3, 0.4) is 0 Å². The number of carboxylic acids is 1. The topological polar surface area (TPSA) is 62.3 Å². The van der Waals surface area contributed by atoms with Crippen LogP contribution < -0.4 is 4.74 Å². The molecule has 1 aromatic heterocycles. The Balaban J connectivity index is 2.19. The van der Waals surface area contributed by atoms with E-state index in [4.69, 9.17) is 4.74 Å². The first-order valence-corrected chi connectivity index (χ1v) is 8.09. The second kappa shape index (κ2) is 6.79. The molecule has 0 saturated carbocycles. The van der Waals surface area contributed by atoms with Gasteiger partial charge in [0.25, 0.3) is 0 Å². The predicted octanol–water partition coefficient (Wildman–Crippen LogP) is 4.35. The van der Waals surface area contributed by atoms with Crippen LogP contribution in [0.2, 0.25) is 0 Å². The molecule has 3 aromatic rings. The van der Waals surface area contributed by atoms with Crippen LogP contribution in [0.5, 0.6) is 5.75 Å². The number of para-hydroxylation sites is 2. The van der Waals surface area contributed by atoms with Crippen molar-refractivity contribution in [2.24, 2.45) is 0 Å². The molecule has 4 heteroatoms. The minimum Gasteiger partial charge on any atom is -0.496 e. The van der Waals surface area contributed by atoms with Crippen molar-refractivity contribution in [3.63, 3.8) is 0 Å². The van der Waals surface area contributed by atoms with Crippen LogP contribution in [0.15, 0.2) is 48.7 Å². The van der Waals surface area contributed by atoms with Crippen molar-refractivity contribution >= 4 is 16.9 Å². The third-order valence-corrected chi connectivity index (χ3v) is 4.48. The third kappa shape index (κ3) is 2.87. The quantitative estimate of drug-likeness (QED) is 0.709. The second-order valence-corrected chi connectivity index (χ2v) is 5.83. The maximum Gasteiger partial charge on any atom is 0.304 e. The highest BCUT2D eigenvalue weighted by atomic mass is 16.5. The fourth-order valence-electron chi connectivity index (χ4n) is 3.34. The van der Waals surface area contributed by atoms with Crippen molar-refractivity contribution in [1.82, 2.24) is 4.98 Å². The molecule has 24 heavy (non-hydrogen) atoms. The highest BCUT2D eigenvalue weighted by Gasteiger charge is 2.24. The van der Waals surface area contributed by atoms with Gasteiger partial charge >= 0.3 is 5.97 Å². The van der Waals surface area contributed by atoms with E-state index >= 15 is 0 Å². The Labute approximate surface area is 141 Å².